The zero-order chi connectivity index (χ0) is 10.9. The van der Waals surface area contributed by atoms with E-state index in [9.17, 15) is 4.79 Å². The summed E-state index contributed by atoms with van der Waals surface area (Å²) in [4.78, 5) is 10.1. The Bertz CT molecular complexity index is 306. The van der Waals surface area contributed by atoms with Gasteiger partial charge in [-0.1, -0.05) is 6.08 Å². The standard InChI is InChI=1S/C10H15N3O2/c14-10(15)4-1-5-11-6-2-8-13-9-3-7-12-13/h1,3-4,7,9,11H,2,5-6,8H2,(H,14,15)/b4-1+. The Balaban J connectivity index is 1.96. The molecule has 1 rings (SSSR count). The second-order valence-electron chi connectivity index (χ2n) is 3.07. The van der Waals surface area contributed by atoms with Crippen LogP contribution in [-0.2, 0) is 11.3 Å². The van der Waals surface area contributed by atoms with Gasteiger partial charge in [0, 0.05) is 31.6 Å². The number of aromatic nitrogens is 2. The molecule has 2 N–H and O–H groups in total. The molecule has 1 heterocycles. The smallest absolute Gasteiger partial charge is 0.328 e. The zero-order valence-electron chi connectivity index (χ0n) is 8.47. The molecule has 0 aliphatic heterocycles. The van der Waals surface area contributed by atoms with E-state index in [0.29, 0.717) is 6.54 Å². The van der Waals surface area contributed by atoms with E-state index in [1.807, 2.05) is 16.9 Å². The van der Waals surface area contributed by atoms with Gasteiger partial charge in [-0.25, -0.2) is 4.79 Å². The molecule has 0 aliphatic rings. The summed E-state index contributed by atoms with van der Waals surface area (Å²) in [6, 6.07) is 1.89. The molecule has 0 bridgehead atoms. The Hall–Kier alpha value is -1.62. The zero-order valence-corrected chi connectivity index (χ0v) is 8.47. The number of hydrogen-bond donors (Lipinski definition) is 2. The van der Waals surface area contributed by atoms with Crippen molar-refractivity contribution in [3.63, 3.8) is 0 Å². The monoisotopic (exact) mass is 209 g/mol. The van der Waals surface area contributed by atoms with E-state index in [0.717, 1.165) is 25.6 Å². The Labute approximate surface area is 88.4 Å². The van der Waals surface area contributed by atoms with Crippen LogP contribution in [0.25, 0.3) is 0 Å². The fraction of sp³-hybridized carbons (Fsp3) is 0.400. The summed E-state index contributed by atoms with van der Waals surface area (Å²) in [7, 11) is 0. The van der Waals surface area contributed by atoms with Crippen molar-refractivity contribution in [3.8, 4) is 0 Å². The number of rotatable bonds is 7. The van der Waals surface area contributed by atoms with Crippen LogP contribution in [0.1, 0.15) is 6.42 Å². The number of hydrogen-bond acceptors (Lipinski definition) is 3. The van der Waals surface area contributed by atoms with Gasteiger partial charge in [-0.15, -0.1) is 0 Å². The molecule has 1 aromatic heterocycles. The highest BCUT2D eigenvalue weighted by Crippen LogP contribution is 1.87. The van der Waals surface area contributed by atoms with Gasteiger partial charge in [0.2, 0.25) is 0 Å². The van der Waals surface area contributed by atoms with Crippen LogP contribution in [-0.4, -0.2) is 33.9 Å². The van der Waals surface area contributed by atoms with E-state index in [-0.39, 0.29) is 0 Å². The predicted octanol–water partition coefficient (Wildman–Crippen LogP) is 0.504. The van der Waals surface area contributed by atoms with E-state index >= 15 is 0 Å². The first kappa shape index (κ1) is 11.5. The molecule has 0 aromatic carbocycles. The molecule has 0 saturated carbocycles. The summed E-state index contributed by atoms with van der Waals surface area (Å²) in [5.41, 5.74) is 0. The molecular weight excluding hydrogens is 194 g/mol. The first-order valence-corrected chi connectivity index (χ1v) is 4.86. The third-order valence-electron chi connectivity index (χ3n) is 1.82. The van der Waals surface area contributed by atoms with Gasteiger partial charge in [0.15, 0.2) is 0 Å². The summed E-state index contributed by atoms with van der Waals surface area (Å²) < 4.78 is 1.87. The average Bonchev–Trinajstić information content (AvgIpc) is 2.68. The van der Waals surface area contributed by atoms with Crippen molar-refractivity contribution in [2.45, 2.75) is 13.0 Å². The minimum absolute atomic E-state index is 0.589. The Morgan fingerprint density at radius 3 is 3.13 bits per heavy atom. The minimum Gasteiger partial charge on any atom is -0.478 e. The van der Waals surface area contributed by atoms with Crippen molar-refractivity contribution in [2.75, 3.05) is 13.1 Å². The largest absolute Gasteiger partial charge is 0.478 e. The van der Waals surface area contributed by atoms with Crippen molar-refractivity contribution in [1.29, 1.82) is 0 Å². The number of carbonyl (C=O) groups is 1. The lowest BCUT2D eigenvalue weighted by Gasteiger charge is -2.01. The first-order chi connectivity index (χ1) is 7.29. The van der Waals surface area contributed by atoms with E-state index in [4.69, 9.17) is 5.11 Å². The van der Waals surface area contributed by atoms with Gasteiger partial charge in [-0.05, 0) is 19.0 Å². The Morgan fingerprint density at radius 2 is 2.47 bits per heavy atom. The van der Waals surface area contributed by atoms with Gasteiger partial charge >= 0.3 is 5.97 Å². The van der Waals surface area contributed by atoms with Crippen molar-refractivity contribution in [2.24, 2.45) is 0 Å². The Kier molecular flexibility index (Phi) is 5.18. The van der Waals surface area contributed by atoms with Gasteiger partial charge < -0.3 is 10.4 Å². The second kappa shape index (κ2) is 6.78. The van der Waals surface area contributed by atoms with Crippen molar-refractivity contribution in [3.05, 3.63) is 30.6 Å². The molecule has 0 aliphatic carbocycles. The highest BCUT2D eigenvalue weighted by Gasteiger charge is 1.90. The van der Waals surface area contributed by atoms with Crippen LogP contribution in [0, 0.1) is 0 Å². The Morgan fingerprint density at radius 1 is 1.60 bits per heavy atom. The summed E-state index contributed by atoms with van der Waals surface area (Å²) >= 11 is 0. The molecule has 82 valence electrons. The molecule has 0 spiro atoms. The van der Waals surface area contributed by atoms with Crippen LogP contribution in [0.4, 0.5) is 0 Å². The molecule has 0 unspecified atom stereocenters. The molecule has 0 fully saturated rings. The summed E-state index contributed by atoms with van der Waals surface area (Å²) in [6.07, 6.45) is 7.38. The lowest BCUT2D eigenvalue weighted by molar-refractivity contribution is -0.131. The molecule has 0 atom stereocenters. The number of nitrogens with one attached hydrogen (secondary N) is 1. The fourth-order valence-electron chi connectivity index (χ4n) is 1.14. The van der Waals surface area contributed by atoms with E-state index in [2.05, 4.69) is 10.4 Å². The molecule has 0 saturated heterocycles. The third-order valence-corrected chi connectivity index (χ3v) is 1.82. The van der Waals surface area contributed by atoms with Crippen LogP contribution < -0.4 is 5.32 Å². The summed E-state index contributed by atoms with van der Waals surface area (Å²) in [6.45, 7) is 2.32. The maximum Gasteiger partial charge on any atom is 0.328 e. The molecule has 0 radical (unpaired) electrons. The molecule has 0 amide bonds. The second-order valence-corrected chi connectivity index (χ2v) is 3.07. The van der Waals surface area contributed by atoms with E-state index in [1.165, 1.54) is 0 Å². The normalized spacial score (nSPS) is 10.9. The highest BCUT2D eigenvalue weighted by molar-refractivity contribution is 5.79. The van der Waals surface area contributed by atoms with Crippen LogP contribution in [0.2, 0.25) is 0 Å². The highest BCUT2D eigenvalue weighted by atomic mass is 16.4. The maximum absolute atomic E-state index is 10.1. The van der Waals surface area contributed by atoms with Crippen LogP contribution >= 0.6 is 0 Å². The van der Waals surface area contributed by atoms with Crippen molar-refractivity contribution >= 4 is 5.97 Å². The first-order valence-electron chi connectivity index (χ1n) is 4.86. The molecule has 1 aromatic rings. The fourth-order valence-corrected chi connectivity index (χ4v) is 1.14. The number of aryl methyl sites for hydroxylation is 1. The third kappa shape index (κ3) is 5.64. The molecule has 15 heavy (non-hydrogen) atoms. The van der Waals surface area contributed by atoms with Gasteiger partial charge in [-0.2, -0.15) is 5.10 Å². The van der Waals surface area contributed by atoms with Crippen LogP contribution in [0.15, 0.2) is 30.6 Å². The number of carboxylic acid groups (broad SMARTS) is 1. The van der Waals surface area contributed by atoms with Gasteiger partial charge in [-0.3, -0.25) is 4.68 Å². The summed E-state index contributed by atoms with van der Waals surface area (Å²) in [5, 5.41) is 15.5. The van der Waals surface area contributed by atoms with E-state index in [1.54, 1.807) is 12.3 Å². The van der Waals surface area contributed by atoms with Crippen molar-refractivity contribution in [1.82, 2.24) is 15.1 Å². The quantitative estimate of drug-likeness (QED) is 0.507. The number of aliphatic carboxylic acids is 1. The van der Waals surface area contributed by atoms with Gasteiger partial charge in [0.1, 0.15) is 0 Å². The SMILES string of the molecule is O=C(O)/C=C/CNCCCn1cccn1. The molecular formula is C10H15N3O2. The average molecular weight is 209 g/mol. The summed E-state index contributed by atoms with van der Waals surface area (Å²) in [5.74, 6) is -0.909. The van der Waals surface area contributed by atoms with Crippen molar-refractivity contribution < 1.29 is 9.90 Å². The van der Waals surface area contributed by atoms with Gasteiger partial charge in [0.05, 0.1) is 0 Å². The lowest BCUT2D eigenvalue weighted by Crippen LogP contribution is -2.17. The molecule has 5 heteroatoms. The van der Waals surface area contributed by atoms with Crippen LogP contribution in [0.5, 0.6) is 0 Å². The lowest BCUT2D eigenvalue weighted by atomic mass is 10.4. The van der Waals surface area contributed by atoms with E-state index < -0.39 is 5.97 Å². The van der Waals surface area contributed by atoms with Crippen LogP contribution in [0.3, 0.4) is 0 Å². The predicted molar refractivity (Wildman–Crippen MR) is 56.5 cm³/mol. The number of carboxylic acids is 1. The maximum atomic E-state index is 10.1. The topological polar surface area (TPSA) is 67.2 Å². The minimum atomic E-state index is -0.909. The number of nitrogens with zero attached hydrogens (tertiary/aromatic N) is 2. The van der Waals surface area contributed by atoms with Gasteiger partial charge in [0.25, 0.3) is 0 Å². The molecule has 5 nitrogen and oxygen atoms in total.